The van der Waals surface area contributed by atoms with Crippen molar-refractivity contribution in [3.63, 3.8) is 0 Å². The molecule has 2 aromatic heterocycles. The Bertz CT molecular complexity index is 1080. The molecule has 136 valence electrons. The van der Waals surface area contributed by atoms with Gasteiger partial charge in [0.05, 0.1) is 12.5 Å². The minimum absolute atomic E-state index is 0.305. The van der Waals surface area contributed by atoms with Crippen LogP contribution in [0.2, 0.25) is 5.02 Å². The first-order valence-corrected chi connectivity index (χ1v) is 10.3. The van der Waals surface area contributed by atoms with Gasteiger partial charge in [0.25, 0.3) is 0 Å². The SMILES string of the molecule is COc1ccc(-c2csc3ncnc(SCc4c(F)cccc4Cl)c23)cc1. The molecule has 0 fully saturated rings. The molecule has 0 unspecified atom stereocenters. The van der Waals surface area contributed by atoms with Crippen LogP contribution in [0.15, 0.2) is 59.2 Å². The van der Waals surface area contributed by atoms with Crippen molar-refractivity contribution in [3.05, 3.63) is 70.6 Å². The lowest BCUT2D eigenvalue weighted by molar-refractivity contribution is 0.415. The third kappa shape index (κ3) is 3.65. The van der Waals surface area contributed by atoms with E-state index in [9.17, 15) is 4.39 Å². The molecule has 0 saturated heterocycles. The van der Waals surface area contributed by atoms with E-state index in [4.69, 9.17) is 16.3 Å². The van der Waals surface area contributed by atoms with Crippen LogP contribution in [0.25, 0.3) is 21.3 Å². The fraction of sp³-hybridized carbons (Fsp3) is 0.100. The molecule has 4 rings (SSSR count). The molecule has 0 aliphatic heterocycles. The average Bonchev–Trinajstić information content (AvgIpc) is 3.12. The number of aromatic nitrogens is 2. The second kappa shape index (κ2) is 7.84. The van der Waals surface area contributed by atoms with Crippen molar-refractivity contribution in [1.29, 1.82) is 0 Å². The molecule has 2 heterocycles. The van der Waals surface area contributed by atoms with Crippen LogP contribution < -0.4 is 4.74 Å². The molecular formula is C20H14ClFN2OS2. The summed E-state index contributed by atoms with van der Waals surface area (Å²) in [6, 6.07) is 12.6. The number of fused-ring (bicyclic) bond motifs is 1. The summed E-state index contributed by atoms with van der Waals surface area (Å²) in [4.78, 5) is 9.72. The number of methoxy groups -OCH3 is 1. The Balaban J connectivity index is 1.72. The van der Waals surface area contributed by atoms with Crippen molar-refractivity contribution in [2.45, 2.75) is 10.8 Å². The molecule has 0 aliphatic carbocycles. The van der Waals surface area contributed by atoms with Crippen LogP contribution in [-0.2, 0) is 5.75 Å². The van der Waals surface area contributed by atoms with Gasteiger partial charge in [-0.15, -0.1) is 23.1 Å². The number of hydrogen-bond donors (Lipinski definition) is 0. The Morgan fingerprint density at radius 3 is 2.70 bits per heavy atom. The molecule has 0 atom stereocenters. The maximum atomic E-state index is 14.1. The van der Waals surface area contributed by atoms with Gasteiger partial charge in [-0.2, -0.15) is 0 Å². The van der Waals surface area contributed by atoms with Gasteiger partial charge in [0, 0.05) is 27.3 Å². The van der Waals surface area contributed by atoms with E-state index in [2.05, 4.69) is 15.3 Å². The van der Waals surface area contributed by atoms with Crippen molar-refractivity contribution >= 4 is 44.9 Å². The molecule has 0 N–H and O–H groups in total. The number of halogens is 2. The normalized spacial score (nSPS) is 11.1. The average molecular weight is 417 g/mol. The van der Waals surface area contributed by atoms with Crippen LogP contribution in [0.1, 0.15) is 5.56 Å². The van der Waals surface area contributed by atoms with Gasteiger partial charge in [-0.05, 0) is 29.8 Å². The lowest BCUT2D eigenvalue weighted by Crippen LogP contribution is -1.91. The topological polar surface area (TPSA) is 35.0 Å². The summed E-state index contributed by atoms with van der Waals surface area (Å²) in [6.07, 6.45) is 1.54. The van der Waals surface area contributed by atoms with E-state index >= 15 is 0 Å². The minimum Gasteiger partial charge on any atom is -0.497 e. The van der Waals surface area contributed by atoms with Crippen molar-refractivity contribution in [2.24, 2.45) is 0 Å². The van der Waals surface area contributed by atoms with Gasteiger partial charge in [0.2, 0.25) is 0 Å². The van der Waals surface area contributed by atoms with Crippen molar-refractivity contribution in [1.82, 2.24) is 9.97 Å². The molecule has 0 amide bonds. The predicted molar refractivity (Wildman–Crippen MR) is 110 cm³/mol. The monoisotopic (exact) mass is 416 g/mol. The fourth-order valence-electron chi connectivity index (χ4n) is 2.75. The first-order chi connectivity index (χ1) is 13.2. The Hall–Kier alpha value is -2.15. The quantitative estimate of drug-likeness (QED) is 0.276. The Morgan fingerprint density at radius 2 is 1.96 bits per heavy atom. The second-order valence-electron chi connectivity index (χ2n) is 5.73. The highest BCUT2D eigenvalue weighted by Crippen LogP contribution is 2.39. The number of nitrogens with zero attached hydrogens (tertiary/aromatic N) is 2. The molecule has 0 spiro atoms. The van der Waals surface area contributed by atoms with Crippen molar-refractivity contribution < 1.29 is 9.13 Å². The van der Waals surface area contributed by atoms with Gasteiger partial charge in [0.15, 0.2) is 0 Å². The van der Waals surface area contributed by atoms with E-state index in [1.54, 1.807) is 36.9 Å². The van der Waals surface area contributed by atoms with Crippen LogP contribution in [0, 0.1) is 5.82 Å². The zero-order chi connectivity index (χ0) is 18.8. The van der Waals surface area contributed by atoms with E-state index in [0.717, 1.165) is 32.1 Å². The molecule has 4 aromatic rings. The van der Waals surface area contributed by atoms with Crippen LogP contribution in [0.5, 0.6) is 5.75 Å². The van der Waals surface area contributed by atoms with Crippen molar-refractivity contribution in [2.75, 3.05) is 7.11 Å². The molecule has 0 saturated carbocycles. The van der Waals surface area contributed by atoms with Gasteiger partial charge in [0.1, 0.15) is 27.8 Å². The summed E-state index contributed by atoms with van der Waals surface area (Å²) in [6.45, 7) is 0. The minimum atomic E-state index is -0.305. The van der Waals surface area contributed by atoms with Crippen molar-refractivity contribution in [3.8, 4) is 16.9 Å². The summed E-state index contributed by atoms with van der Waals surface area (Å²) < 4.78 is 19.3. The fourth-order valence-corrected chi connectivity index (χ4v) is 5.09. The number of benzene rings is 2. The number of thioether (sulfide) groups is 1. The molecule has 27 heavy (non-hydrogen) atoms. The Kier molecular flexibility index (Phi) is 5.29. The predicted octanol–water partition coefficient (Wildman–Crippen LogP) is 6.45. The molecule has 7 heteroatoms. The number of ether oxygens (including phenoxy) is 1. The van der Waals surface area contributed by atoms with E-state index in [-0.39, 0.29) is 5.82 Å². The summed E-state index contributed by atoms with van der Waals surface area (Å²) in [5, 5.41) is 4.28. The summed E-state index contributed by atoms with van der Waals surface area (Å²) in [5.74, 6) is 0.898. The number of rotatable bonds is 5. The highest BCUT2D eigenvalue weighted by Gasteiger charge is 2.15. The zero-order valence-electron chi connectivity index (χ0n) is 14.3. The maximum Gasteiger partial charge on any atom is 0.128 e. The maximum absolute atomic E-state index is 14.1. The molecule has 0 bridgehead atoms. The number of hydrogen-bond acceptors (Lipinski definition) is 5. The van der Waals surface area contributed by atoms with E-state index in [1.165, 1.54) is 17.8 Å². The highest BCUT2D eigenvalue weighted by molar-refractivity contribution is 7.98. The third-order valence-electron chi connectivity index (χ3n) is 4.15. The van der Waals surface area contributed by atoms with E-state index in [1.807, 2.05) is 24.3 Å². The summed E-state index contributed by atoms with van der Waals surface area (Å²) in [7, 11) is 1.64. The zero-order valence-corrected chi connectivity index (χ0v) is 16.7. The second-order valence-corrected chi connectivity index (χ2v) is 7.96. The van der Waals surface area contributed by atoms with Gasteiger partial charge < -0.3 is 4.74 Å². The first kappa shape index (κ1) is 18.2. The molecule has 0 aliphatic rings. The van der Waals surface area contributed by atoms with Crippen LogP contribution in [0.3, 0.4) is 0 Å². The van der Waals surface area contributed by atoms with Crippen LogP contribution in [-0.4, -0.2) is 17.1 Å². The smallest absolute Gasteiger partial charge is 0.128 e. The summed E-state index contributed by atoms with van der Waals surface area (Å²) >= 11 is 9.18. The van der Waals surface area contributed by atoms with Gasteiger partial charge >= 0.3 is 0 Å². The summed E-state index contributed by atoms with van der Waals surface area (Å²) in [5.41, 5.74) is 2.60. The lowest BCUT2D eigenvalue weighted by atomic mass is 10.1. The highest BCUT2D eigenvalue weighted by atomic mass is 35.5. The standard InChI is InChI=1S/C20H14ClFN2OS2/c1-25-13-7-5-12(6-8-13)14-9-26-19-18(14)20(24-11-23-19)27-10-15-16(21)3-2-4-17(15)22/h2-9,11H,10H2,1H3. The molecule has 0 radical (unpaired) electrons. The van der Waals surface area contributed by atoms with Crippen LogP contribution in [0.4, 0.5) is 4.39 Å². The molecule has 3 nitrogen and oxygen atoms in total. The van der Waals surface area contributed by atoms with E-state index < -0.39 is 0 Å². The van der Waals surface area contributed by atoms with Gasteiger partial charge in [-0.25, -0.2) is 14.4 Å². The first-order valence-electron chi connectivity index (χ1n) is 8.09. The largest absolute Gasteiger partial charge is 0.497 e. The Morgan fingerprint density at radius 1 is 1.15 bits per heavy atom. The molecular weight excluding hydrogens is 403 g/mol. The molecule has 2 aromatic carbocycles. The lowest BCUT2D eigenvalue weighted by Gasteiger charge is -2.08. The Labute approximate surface area is 169 Å². The van der Waals surface area contributed by atoms with E-state index in [0.29, 0.717) is 16.3 Å². The number of thiophene rings is 1. The van der Waals surface area contributed by atoms with Crippen LogP contribution >= 0.6 is 34.7 Å². The third-order valence-corrected chi connectivity index (χ3v) is 6.41. The van der Waals surface area contributed by atoms with Gasteiger partial charge in [-0.3, -0.25) is 0 Å². The van der Waals surface area contributed by atoms with Gasteiger partial charge in [-0.1, -0.05) is 29.8 Å².